The molecule has 4 heteroatoms. The lowest BCUT2D eigenvalue weighted by Gasteiger charge is -2.11. The van der Waals surface area contributed by atoms with Crippen molar-refractivity contribution in [2.75, 3.05) is 0 Å². The Hall–Kier alpha value is -4.54. The zero-order valence-corrected chi connectivity index (χ0v) is 20.0. The van der Waals surface area contributed by atoms with Gasteiger partial charge in [-0.1, -0.05) is 91.0 Å². The van der Waals surface area contributed by atoms with E-state index in [1.165, 1.54) is 30.9 Å². The van der Waals surface area contributed by atoms with E-state index in [1.54, 1.807) is 0 Å². The highest BCUT2D eigenvalue weighted by atomic mass is 32.1. The minimum atomic E-state index is 0.694. The van der Waals surface area contributed by atoms with Crippen LogP contribution >= 0.6 is 11.3 Å². The topological polar surface area (TPSA) is 30.7 Å². The maximum atomic E-state index is 5.19. The fourth-order valence-corrected chi connectivity index (χ4v) is 6.69. The highest BCUT2D eigenvalue weighted by Gasteiger charge is 2.19. The zero-order valence-electron chi connectivity index (χ0n) is 19.2. The Morgan fingerprint density at radius 1 is 0.528 bits per heavy atom. The zero-order chi connectivity index (χ0) is 23.6. The van der Waals surface area contributed by atoms with Gasteiger partial charge in [0.15, 0.2) is 0 Å². The quantitative estimate of drug-likeness (QED) is 0.249. The monoisotopic (exact) mass is 477 g/mol. The van der Waals surface area contributed by atoms with Crippen molar-refractivity contribution in [1.29, 1.82) is 0 Å². The Morgan fingerprint density at radius 3 is 2.14 bits per heavy atom. The average molecular weight is 478 g/mol. The van der Waals surface area contributed by atoms with Gasteiger partial charge in [0.05, 0.1) is 22.2 Å². The first-order chi connectivity index (χ1) is 17.9. The SMILES string of the molecule is c1ccc(-c2nc(-n3c4ccccc4c4c5sc6ccccc6c5ccc43)nc3ccccc23)cc1. The standard InChI is InChI=1S/C32H19N3S/c1-2-10-20(11-3-1)30-23-13-4-7-15-25(23)33-32(34-30)35-26-16-8-5-14-24(26)29-27(35)19-18-22-21-12-6-9-17-28(21)36-31(22)29/h1-19H. The van der Waals surface area contributed by atoms with Crippen molar-refractivity contribution in [3.8, 4) is 17.2 Å². The van der Waals surface area contributed by atoms with E-state index < -0.39 is 0 Å². The second-order valence-corrected chi connectivity index (χ2v) is 10.1. The fourth-order valence-electron chi connectivity index (χ4n) is 5.43. The summed E-state index contributed by atoms with van der Waals surface area (Å²) in [6.07, 6.45) is 0. The average Bonchev–Trinajstić information content (AvgIpc) is 3.48. The van der Waals surface area contributed by atoms with Gasteiger partial charge >= 0.3 is 0 Å². The summed E-state index contributed by atoms with van der Waals surface area (Å²) in [5.74, 6) is 0.694. The van der Waals surface area contributed by atoms with Crippen LogP contribution in [0.1, 0.15) is 0 Å². The molecule has 0 aliphatic rings. The van der Waals surface area contributed by atoms with Crippen molar-refractivity contribution in [2.24, 2.45) is 0 Å². The van der Waals surface area contributed by atoms with E-state index in [0.717, 1.165) is 33.2 Å². The summed E-state index contributed by atoms with van der Waals surface area (Å²) in [5, 5.41) is 6.16. The first-order valence-corrected chi connectivity index (χ1v) is 12.8. The number of benzene rings is 5. The molecule has 0 atom stereocenters. The van der Waals surface area contributed by atoms with Crippen LogP contribution < -0.4 is 0 Å². The van der Waals surface area contributed by atoms with E-state index in [-0.39, 0.29) is 0 Å². The molecule has 0 amide bonds. The van der Waals surface area contributed by atoms with E-state index in [4.69, 9.17) is 9.97 Å². The lowest BCUT2D eigenvalue weighted by molar-refractivity contribution is 1.01. The number of rotatable bonds is 2. The molecule has 0 spiro atoms. The molecule has 168 valence electrons. The molecule has 0 aliphatic carbocycles. The molecule has 0 radical (unpaired) electrons. The summed E-state index contributed by atoms with van der Waals surface area (Å²) in [6.45, 7) is 0. The van der Waals surface area contributed by atoms with E-state index in [2.05, 4.69) is 108 Å². The predicted octanol–water partition coefficient (Wildman–Crippen LogP) is 8.76. The van der Waals surface area contributed by atoms with Crippen LogP contribution in [-0.4, -0.2) is 14.5 Å². The van der Waals surface area contributed by atoms with Crippen LogP contribution in [0.3, 0.4) is 0 Å². The molecule has 36 heavy (non-hydrogen) atoms. The highest BCUT2D eigenvalue weighted by Crippen LogP contribution is 2.43. The fraction of sp³-hybridized carbons (Fsp3) is 0. The Labute approximate surface area is 210 Å². The molecular formula is C32H19N3S. The van der Waals surface area contributed by atoms with E-state index in [0.29, 0.717) is 5.95 Å². The lowest BCUT2D eigenvalue weighted by Crippen LogP contribution is -2.03. The smallest absolute Gasteiger partial charge is 0.235 e. The number of hydrogen-bond acceptors (Lipinski definition) is 3. The van der Waals surface area contributed by atoms with Crippen LogP contribution in [0.15, 0.2) is 115 Å². The second kappa shape index (κ2) is 7.48. The summed E-state index contributed by atoms with van der Waals surface area (Å²) in [5.41, 5.74) is 5.22. The number of hydrogen-bond donors (Lipinski definition) is 0. The van der Waals surface area contributed by atoms with E-state index in [1.807, 2.05) is 23.5 Å². The van der Waals surface area contributed by atoms with Crippen molar-refractivity contribution in [3.63, 3.8) is 0 Å². The molecule has 0 fully saturated rings. The van der Waals surface area contributed by atoms with Crippen LogP contribution in [0.2, 0.25) is 0 Å². The highest BCUT2D eigenvalue weighted by molar-refractivity contribution is 7.26. The molecule has 8 aromatic rings. The van der Waals surface area contributed by atoms with Gasteiger partial charge in [-0.05, 0) is 24.3 Å². The van der Waals surface area contributed by atoms with Crippen molar-refractivity contribution >= 4 is 64.2 Å². The number of aromatic nitrogens is 3. The molecule has 3 nitrogen and oxygen atoms in total. The minimum absolute atomic E-state index is 0.694. The number of thiophene rings is 1. The largest absolute Gasteiger partial charge is 0.278 e. The molecule has 3 heterocycles. The third-order valence-corrected chi connectivity index (χ3v) is 8.22. The molecule has 3 aromatic heterocycles. The maximum absolute atomic E-state index is 5.19. The summed E-state index contributed by atoms with van der Waals surface area (Å²) >= 11 is 1.86. The van der Waals surface area contributed by atoms with Gasteiger partial charge in [-0.3, -0.25) is 4.57 Å². The second-order valence-electron chi connectivity index (χ2n) is 9.04. The molecule has 0 unspecified atom stereocenters. The lowest BCUT2D eigenvalue weighted by atomic mass is 10.1. The Kier molecular flexibility index (Phi) is 4.10. The first-order valence-electron chi connectivity index (χ1n) is 12.0. The Bertz CT molecular complexity index is 2100. The van der Waals surface area contributed by atoms with Crippen molar-refractivity contribution in [1.82, 2.24) is 14.5 Å². The van der Waals surface area contributed by atoms with Gasteiger partial charge in [0.2, 0.25) is 5.95 Å². The van der Waals surface area contributed by atoms with Gasteiger partial charge in [0.1, 0.15) is 0 Å². The normalized spacial score (nSPS) is 11.9. The van der Waals surface area contributed by atoms with Crippen molar-refractivity contribution in [2.45, 2.75) is 0 Å². The van der Waals surface area contributed by atoms with Gasteiger partial charge in [0.25, 0.3) is 0 Å². The Morgan fingerprint density at radius 2 is 1.25 bits per heavy atom. The number of para-hydroxylation sites is 2. The minimum Gasteiger partial charge on any atom is -0.278 e. The van der Waals surface area contributed by atoms with Gasteiger partial charge in [0, 0.05) is 41.9 Å². The first kappa shape index (κ1) is 19.7. The van der Waals surface area contributed by atoms with Crippen LogP contribution in [0.5, 0.6) is 0 Å². The van der Waals surface area contributed by atoms with Gasteiger partial charge < -0.3 is 0 Å². The van der Waals surface area contributed by atoms with Crippen LogP contribution in [-0.2, 0) is 0 Å². The molecule has 0 aliphatic heterocycles. The summed E-state index contributed by atoms with van der Waals surface area (Å²) in [4.78, 5) is 10.3. The third kappa shape index (κ3) is 2.73. The van der Waals surface area contributed by atoms with E-state index in [9.17, 15) is 0 Å². The molecule has 8 rings (SSSR count). The van der Waals surface area contributed by atoms with Crippen LogP contribution in [0, 0.1) is 0 Å². The van der Waals surface area contributed by atoms with Gasteiger partial charge in [-0.25, -0.2) is 9.97 Å². The van der Waals surface area contributed by atoms with Crippen molar-refractivity contribution in [3.05, 3.63) is 115 Å². The van der Waals surface area contributed by atoms with E-state index >= 15 is 0 Å². The predicted molar refractivity (Wildman–Crippen MR) is 152 cm³/mol. The van der Waals surface area contributed by atoms with Crippen molar-refractivity contribution < 1.29 is 0 Å². The summed E-state index contributed by atoms with van der Waals surface area (Å²) in [6, 6.07) is 40.4. The van der Waals surface area contributed by atoms with Gasteiger partial charge in [-0.15, -0.1) is 11.3 Å². The summed E-state index contributed by atoms with van der Waals surface area (Å²) in [7, 11) is 0. The molecular weight excluding hydrogens is 458 g/mol. The van der Waals surface area contributed by atoms with Crippen LogP contribution in [0.4, 0.5) is 0 Å². The summed E-state index contributed by atoms with van der Waals surface area (Å²) < 4.78 is 4.85. The molecule has 0 N–H and O–H groups in total. The molecule has 5 aromatic carbocycles. The van der Waals surface area contributed by atoms with Gasteiger partial charge in [-0.2, -0.15) is 0 Å². The molecule has 0 bridgehead atoms. The molecule has 0 saturated carbocycles. The number of fused-ring (bicyclic) bond motifs is 8. The third-order valence-electron chi connectivity index (χ3n) is 7.02. The Balaban J connectivity index is 1.53. The maximum Gasteiger partial charge on any atom is 0.235 e. The number of nitrogens with zero attached hydrogens (tertiary/aromatic N) is 3. The van der Waals surface area contributed by atoms with Crippen LogP contribution in [0.25, 0.3) is 70.1 Å². The molecule has 0 saturated heterocycles.